The van der Waals surface area contributed by atoms with Crippen molar-refractivity contribution in [3.63, 3.8) is 0 Å². The number of nitrogens with two attached hydrogens (primary N) is 1. The van der Waals surface area contributed by atoms with Crippen molar-refractivity contribution in [2.24, 2.45) is 17.6 Å². The Kier molecular flexibility index (Phi) is 6.68. The highest BCUT2D eigenvalue weighted by molar-refractivity contribution is 5.79. The van der Waals surface area contributed by atoms with Gasteiger partial charge in [0.15, 0.2) is 0 Å². The Morgan fingerprint density at radius 3 is 2.80 bits per heavy atom. The fourth-order valence-electron chi connectivity index (χ4n) is 2.06. The molecule has 0 bridgehead atoms. The molecule has 0 spiro atoms. The normalized spacial score (nSPS) is 11.9. The molecule has 1 amide bonds. The van der Waals surface area contributed by atoms with E-state index in [4.69, 9.17) is 11.0 Å². The molecule has 1 atom stereocenters. The van der Waals surface area contributed by atoms with Gasteiger partial charge in [-0.3, -0.25) is 9.78 Å². The molecule has 1 unspecified atom stereocenters. The first-order valence-electron chi connectivity index (χ1n) is 6.84. The number of pyridine rings is 1. The number of carbonyl (C=O) groups excluding carboxylic acids is 1. The second kappa shape index (κ2) is 8.28. The minimum absolute atomic E-state index is 0.0154. The summed E-state index contributed by atoms with van der Waals surface area (Å²) in [5.74, 6) is -0.00190. The van der Waals surface area contributed by atoms with Gasteiger partial charge in [-0.05, 0) is 17.5 Å². The number of nitrogens with zero attached hydrogens (tertiary/aromatic N) is 3. The zero-order chi connectivity index (χ0) is 15.0. The molecule has 0 saturated carbocycles. The van der Waals surface area contributed by atoms with Gasteiger partial charge in [0.1, 0.15) is 0 Å². The third-order valence-corrected chi connectivity index (χ3v) is 3.28. The molecule has 2 N–H and O–H groups in total. The molecule has 1 aromatic heterocycles. The third-order valence-electron chi connectivity index (χ3n) is 3.28. The van der Waals surface area contributed by atoms with E-state index in [0.717, 1.165) is 5.56 Å². The van der Waals surface area contributed by atoms with Crippen molar-refractivity contribution in [3.8, 4) is 6.07 Å². The smallest absolute Gasteiger partial charge is 0.227 e. The highest BCUT2D eigenvalue weighted by atomic mass is 16.2. The van der Waals surface area contributed by atoms with E-state index < -0.39 is 0 Å². The molecule has 0 radical (unpaired) electrons. The van der Waals surface area contributed by atoms with Gasteiger partial charge in [-0.15, -0.1) is 0 Å². The molecular formula is C15H22N4O. The standard InChI is InChI=1S/C15H22N4O/c1-12(2)14(9-17)15(20)19(8-4-6-16)11-13-5-3-7-18-10-13/h3,5,7,10,12,14H,4,8-9,11,17H2,1-2H3. The van der Waals surface area contributed by atoms with Gasteiger partial charge in [0.05, 0.1) is 18.4 Å². The van der Waals surface area contributed by atoms with Gasteiger partial charge in [0.25, 0.3) is 0 Å². The number of hydrogen-bond donors (Lipinski definition) is 1. The molecule has 0 aliphatic heterocycles. The number of rotatable bonds is 7. The maximum Gasteiger partial charge on any atom is 0.227 e. The van der Waals surface area contributed by atoms with Gasteiger partial charge in [0, 0.05) is 32.0 Å². The van der Waals surface area contributed by atoms with Gasteiger partial charge < -0.3 is 10.6 Å². The first-order chi connectivity index (χ1) is 9.60. The Bertz CT molecular complexity index is 453. The van der Waals surface area contributed by atoms with E-state index in [0.29, 0.717) is 26.1 Å². The van der Waals surface area contributed by atoms with Crippen LogP contribution in [0.3, 0.4) is 0 Å². The van der Waals surface area contributed by atoms with Crippen molar-refractivity contribution >= 4 is 5.91 Å². The van der Waals surface area contributed by atoms with Crippen LogP contribution in [0.15, 0.2) is 24.5 Å². The van der Waals surface area contributed by atoms with E-state index in [9.17, 15) is 4.79 Å². The lowest BCUT2D eigenvalue weighted by Crippen LogP contribution is -2.41. The van der Waals surface area contributed by atoms with Gasteiger partial charge in [-0.25, -0.2) is 0 Å². The first-order valence-corrected chi connectivity index (χ1v) is 6.84. The van der Waals surface area contributed by atoms with Gasteiger partial charge in [-0.2, -0.15) is 5.26 Å². The molecule has 5 heteroatoms. The molecule has 0 saturated heterocycles. The minimum Gasteiger partial charge on any atom is -0.337 e. The Labute approximate surface area is 120 Å². The van der Waals surface area contributed by atoms with E-state index >= 15 is 0 Å². The van der Waals surface area contributed by atoms with E-state index in [1.807, 2.05) is 26.0 Å². The van der Waals surface area contributed by atoms with Crippen molar-refractivity contribution in [3.05, 3.63) is 30.1 Å². The molecule has 1 heterocycles. The predicted molar refractivity (Wildman–Crippen MR) is 77.3 cm³/mol. The lowest BCUT2D eigenvalue weighted by atomic mass is 9.94. The Morgan fingerprint density at radius 1 is 1.55 bits per heavy atom. The molecule has 0 aliphatic rings. The van der Waals surface area contributed by atoms with Crippen molar-refractivity contribution in [2.75, 3.05) is 13.1 Å². The molecule has 1 rings (SSSR count). The minimum atomic E-state index is -0.203. The summed E-state index contributed by atoms with van der Waals surface area (Å²) in [5.41, 5.74) is 6.67. The average Bonchev–Trinajstić information content (AvgIpc) is 2.44. The quantitative estimate of drug-likeness (QED) is 0.817. The van der Waals surface area contributed by atoms with Crippen LogP contribution in [-0.4, -0.2) is 28.9 Å². The van der Waals surface area contributed by atoms with Crippen LogP contribution in [0.25, 0.3) is 0 Å². The highest BCUT2D eigenvalue weighted by Crippen LogP contribution is 2.15. The Hall–Kier alpha value is -1.93. The summed E-state index contributed by atoms with van der Waals surface area (Å²) in [6.07, 6.45) is 3.75. The second-order valence-electron chi connectivity index (χ2n) is 5.12. The van der Waals surface area contributed by atoms with Crippen LogP contribution < -0.4 is 5.73 Å². The fourth-order valence-corrected chi connectivity index (χ4v) is 2.06. The number of aromatic nitrogens is 1. The van der Waals surface area contributed by atoms with E-state index in [1.165, 1.54) is 0 Å². The Morgan fingerprint density at radius 2 is 2.30 bits per heavy atom. The summed E-state index contributed by atoms with van der Waals surface area (Å²) in [6, 6.07) is 5.85. The molecule has 0 aliphatic carbocycles. The lowest BCUT2D eigenvalue weighted by Gasteiger charge is -2.28. The van der Waals surface area contributed by atoms with Crippen LogP contribution in [0.1, 0.15) is 25.8 Å². The summed E-state index contributed by atoms with van der Waals surface area (Å²) in [7, 11) is 0. The van der Waals surface area contributed by atoms with Crippen LogP contribution in [0.4, 0.5) is 0 Å². The summed E-state index contributed by atoms with van der Waals surface area (Å²) >= 11 is 0. The van der Waals surface area contributed by atoms with E-state index in [2.05, 4.69) is 11.1 Å². The van der Waals surface area contributed by atoms with Crippen molar-refractivity contribution < 1.29 is 4.79 Å². The van der Waals surface area contributed by atoms with Crippen LogP contribution in [0.5, 0.6) is 0 Å². The number of amides is 1. The molecule has 20 heavy (non-hydrogen) atoms. The maximum absolute atomic E-state index is 12.5. The van der Waals surface area contributed by atoms with Crippen molar-refractivity contribution in [2.45, 2.75) is 26.8 Å². The number of hydrogen-bond acceptors (Lipinski definition) is 4. The first kappa shape index (κ1) is 16.1. The average molecular weight is 274 g/mol. The monoisotopic (exact) mass is 274 g/mol. The molecular weight excluding hydrogens is 252 g/mol. The Balaban J connectivity index is 2.83. The number of nitriles is 1. The SMILES string of the molecule is CC(C)C(CN)C(=O)N(CCC#N)Cc1cccnc1. The van der Waals surface area contributed by atoms with Crippen LogP contribution in [-0.2, 0) is 11.3 Å². The lowest BCUT2D eigenvalue weighted by molar-refractivity contribution is -0.137. The highest BCUT2D eigenvalue weighted by Gasteiger charge is 2.25. The zero-order valence-corrected chi connectivity index (χ0v) is 12.1. The van der Waals surface area contributed by atoms with Crippen molar-refractivity contribution in [1.29, 1.82) is 5.26 Å². The summed E-state index contributed by atoms with van der Waals surface area (Å²) < 4.78 is 0. The van der Waals surface area contributed by atoms with E-state index in [1.54, 1.807) is 17.3 Å². The van der Waals surface area contributed by atoms with E-state index in [-0.39, 0.29) is 17.7 Å². The van der Waals surface area contributed by atoms with Crippen LogP contribution in [0, 0.1) is 23.2 Å². The van der Waals surface area contributed by atoms with Gasteiger partial charge in [-0.1, -0.05) is 19.9 Å². The fraction of sp³-hybridized carbons (Fsp3) is 0.533. The molecule has 0 aromatic carbocycles. The van der Waals surface area contributed by atoms with Crippen LogP contribution >= 0.6 is 0 Å². The third kappa shape index (κ3) is 4.63. The largest absolute Gasteiger partial charge is 0.337 e. The zero-order valence-electron chi connectivity index (χ0n) is 12.1. The molecule has 5 nitrogen and oxygen atoms in total. The van der Waals surface area contributed by atoms with Crippen molar-refractivity contribution in [1.82, 2.24) is 9.88 Å². The number of carbonyl (C=O) groups is 1. The second-order valence-corrected chi connectivity index (χ2v) is 5.12. The summed E-state index contributed by atoms with van der Waals surface area (Å²) in [6.45, 7) is 5.20. The van der Waals surface area contributed by atoms with Gasteiger partial charge >= 0.3 is 0 Å². The molecule has 0 fully saturated rings. The topological polar surface area (TPSA) is 83.0 Å². The van der Waals surface area contributed by atoms with Gasteiger partial charge in [0.2, 0.25) is 5.91 Å². The maximum atomic E-state index is 12.5. The predicted octanol–water partition coefficient (Wildman–Crippen LogP) is 1.55. The summed E-state index contributed by atoms with van der Waals surface area (Å²) in [4.78, 5) is 18.3. The molecule has 1 aromatic rings. The summed E-state index contributed by atoms with van der Waals surface area (Å²) in [5, 5.41) is 8.74. The molecule has 108 valence electrons. The van der Waals surface area contributed by atoms with Crippen LogP contribution in [0.2, 0.25) is 0 Å².